The van der Waals surface area contributed by atoms with E-state index in [1.807, 2.05) is 4.90 Å². The van der Waals surface area contributed by atoms with Crippen LogP contribution in [0.25, 0.3) is 0 Å². The van der Waals surface area contributed by atoms with Crippen molar-refractivity contribution < 1.29 is 32.4 Å². The molecule has 0 aromatic heterocycles. The topological polar surface area (TPSA) is 157 Å². The zero-order valence-corrected chi connectivity index (χ0v) is 23.8. The minimum absolute atomic E-state index is 0.157. The van der Waals surface area contributed by atoms with Crippen molar-refractivity contribution in [3.8, 4) is 0 Å². The van der Waals surface area contributed by atoms with Crippen LogP contribution in [0.5, 0.6) is 0 Å². The molecule has 2 aromatic rings. The van der Waals surface area contributed by atoms with Gasteiger partial charge in [-0.2, -0.15) is 0 Å². The summed E-state index contributed by atoms with van der Waals surface area (Å²) in [5.74, 6) is -2.27. The van der Waals surface area contributed by atoms with Gasteiger partial charge in [-0.05, 0) is 38.0 Å². The van der Waals surface area contributed by atoms with Gasteiger partial charge in [0, 0.05) is 49.7 Å². The molecule has 4 rings (SSSR count). The molecule has 0 radical (unpaired) electrons. The largest absolute Gasteiger partial charge is 0.466 e. The summed E-state index contributed by atoms with van der Waals surface area (Å²) in [7, 11) is -2.40. The van der Waals surface area contributed by atoms with Crippen molar-refractivity contribution in [2.24, 2.45) is 0 Å². The molecule has 0 amide bonds. The van der Waals surface area contributed by atoms with Gasteiger partial charge in [-0.15, -0.1) is 0 Å². The van der Waals surface area contributed by atoms with Crippen molar-refractivity contribution in [2.45, 2.75) is 37.2 Å². The number of dihydropyridines is 1. The number of methoxy groups -OCH3 is 1. The summed E-state index contributed by atoms with van der Waals surface area (Å²) in [6.45, 7) is 4.96. The lowest BCUT2D eigenvalue weighted by Crippen LogP contribution is -2.35. The van der Waals surface area contributed by atoms with Crippen LogP contribution < -0.4 is 10.0 Å². The van der Waals surface area contributed by atoms with E-state index in [0.717, 1.165) is 0 Å². The van der Waals surface area contributed by atoms with E-state index in [1.54, 1.807) is 38.1 Å². The molecule has 2 atom stereocenters. The number of ether oxygens (including phenoxy) is 2. The number of carbonyl (C=O) groups excluding carboxylic acids is 2. The highest BCUT2D eigenvalue weighted by Crippen LogP contribution is 2.40. The first-order chi connectivity index (χ1) is 19.5. The Morgan fingerprint density at radius 3 is 2.41 bits per heavy atom. The maximum atomic E-state index is 13.6. The lowest BCUT2D eigenvalue weighted by Gasteiger charge is -2.30. The normalized spacial score (nSPS) is 19.6. The maximum Gasteiger partial charge on any atom is 0.337 e. The Bertz CT molecular complexity index is 1500. The number of rotatable bonds is 10. The van der Waals surface area contributed by atoms with Crippen molar-refractivity contribution >= 4 is 27.6 Å². The van der Waals surface area contributed by atoms with E-state index in [9.17, 15) is 28.1 Å². The summed E-state index contributed by atoms with van der Waals surface area (Å²) in [6, 6.07) is 13.9. The van der Waals surface area contributed by atoms with Crippen LogP contribution >= 0.6 is 0 Å². The van der Waals surface area contributed by atoms with Crippen LogP contribution in [0, 0.1) is 10.1 Å². The average Bonchev–Trinajstić information content (AvgIpc) is 3.39. The lowest BCUT2D eigenvalue weighted by molar-refractivity contribution is -0.384. The fraction of sp³-hybridized carbons (Fsp3) is 0.357. The predicted octanol–water partition coefficient (Wildman–Crippen LogP) is 2.60. The van der Waals surface area contributed by atoms with Crippen molar-refractivity contribution in [3.63, 3.8) is 0 Å². The molecule has 2 aromatic carbocycles. The number of hydrogen-bond donors (Lipinski definition) is 2. The smallest absolute Gasteiger partial charge is 0.337 e. The minimum Gasteiger partial charge on any atom is -0.466 e. The summed E-state index contributed by atoms with van der Waals surface area (Å²) in [6.07, 6.45) is 0.0739. The summed E-state index contributed by atoms with van der Waals surface area (Å²) < 4.78 is 38.4. The second-order valence-corrected chi connectivity index (χ2v) is 11.6. The number of nitro groups is 1. The van der Waals surface area contributed by atoms with Gasteiger partial charge in [0.2, 0.25) is 10.0 Å². The van der Waals surface area contributed by atoms with Gasteiger partial charge >= 0.3 is 11.9 Å². The molecule has 1 saturated heterocycles. The fourth-order valence-electron chi connectivity index (χ4n) is 5.13. The van der Waals surface area contributed by atoms with Gasteiger partial charge in [0.1, 0.15) is 6.10 Å². The number of esters is 2. The molecule has 0 bridgehead atoms. The van der Waals surface area contributed by atoms with Gasteiger partial charge in [0.15, 0.2) is 0 Å². The monoisotopic (exact) mass is 584 g/mol. The number of sulfonamides is 1. The molecular weight excluding hydrogens is 552 g/mol. The van der Waals surface area contributed by atoms with Crippen LogP contribution in [0.4, 0.5) is 5.69 Å². The minimum atomic E-state index is -3.62. The number of nitrogens with zero attached hydrogens (tertiary/aromatic N) is 2. The van der Waals surface area contributed by atoms with Crippen LogP contribution in [0.3, 0.4) is 0 Å². The number of benzene rings is 2. The molecule has 1 unspecified atom stereocenters. The molecule has 2 heterocycles. The zero-order valence-electron chi connectivity index (χ0n) is 23.0. The number of non-ortho nitro benzene ring substituents is 1. The summed E-state index contributed by atoms with van der Waals surface area (Å²) in [4.78, 5) is 39.5. The standard InChI is InChI=1S/C28H32N4O8S/c1-18-24(27(33)39-3)26(20-8-7-9-21(16-20)32(35)36)25(19(2)30-18)28(34)40-22-12-14-31(17-22)15-13-29-41(37,38)23-10-5-4-6-11-23/h4-11,16,22,26,29-30H,12-15,17H2,1-3H3/t22?,26-/m0/s1. The van der Waals surface area contributed by atoms with Crippen molar-refractivity contribution in [3.05, 3.63) is 92.8 Å². The van der Waals surface area contributed by atoms with Crippen LogP contribution in [0.15, 0.2) is 82.0 Å². The number of carbonyl (C=O) groups is 2. The Morgan fingerprint density at radius 1 is 1.07 bits per heavy atom. The number of likely N-dealkylation sites (tertiary alicyclic amines) is 1. The molecule has 13 heteroatoms. The van der Waals surface area contributed by atoms with Gasteiger partial charge in [0.25, 0.3) is 5.69 Å². The summed E-state index contributed by atoms with van der Waals surface area (Å²) in [5, 5.41) is 14.5. The third kappa shape index (κ3) is 6.81. The van der Waals surface area contributed by atoms with Crippen LogP contribution in [-0.4, -0.2) is 69.6 Å². The third-order valence-electron chi connectivity index (χ3n) is 7.08. The molecule has 0 aliphatic carbocycles. The summed E-state index contributed by atoms with van der Waals surface area (Å²) >= 11 is 0. The molecule has 12 nitrogen and oxygen atoms in total. The molecule has 0 spiro atoms. The van der Waals surface area contributed by atoms with Crippen molar-refractivity contribution in [2.75, 3.05) is 33.3 Å². The first-order valence-electron chi connectivity index (χ1n) is 13.0. The SMILES string of the molecule is COC(=O)C1=C(C)NC(C)=C(C(=O)OC2CCN(CCNS(=O)(=O)c3ccccc3)C2)[C@H]1c1cccc([N+](=O)[O-])c1. The number of nitrogens with one attached hydrogen (secondary N) is 2. The lowest BCUT2D eigenvalue weighted by atomic mass is 9.80. The van der Waals surface area contributed by atoms with Crippen LogP contribution in [0.2, 0.25) is 0 Å². The van der Waals surface area contributed by atoms with Crippen LogP contribution in [0.1, 0.15) is 31.7 Å². The second kappa shape index (κ2) is 12.6. The highest BCUT2D eigenvalue weighted by molar-refractivity contribution is 7.89. The van der Waals surface area contributed by atoms with Gasteiger partial charge in [-0.1, -0.05) is 30.3 Å². The Hall–Kier alpha value is -4.07. The highest BCUT2D eigenvalue weighted by atomic mass is 32.2. The molecule has 41 heavy (non-hydrogen) atoms. The molecule has 2 aliphatic heterocycles. The van der Waals surface area contributed by atoms with E-state index in [-0.39, 0.29) is 28.3 Å². The Kier molecular flexibility index (Phi) is 9.21. The van der Waals surface area contributed by atoms with Gasteiger partial charge in [0.05, 0.1) is 34.0 Å². The highest BCUT2D eigenvalue weighted by Gasteiger charge is 2.39. The number of hydrogen-bond acceptors (Lipinski definition) is 10. The van der Waals surface area contributed by atoms with E-state index in [4.69, 9.17) is 9.47 Å². The first kappa shape index (κ1) is 29.9. The quantitative estimate of drug-likeness (QED) is 0.242. The Morgan fingerprint density at radius 2 is 1.76 bits per heavy atom. The van der Waals surface area contributed by atoms with E-state index < -0.39 is 38.9 Å². The molecular formula is C28H32N4O8S. The predicted molar refractivity (Wildman–Crippen MR) is 149 cm³/mol. The zero-order chi connectivity index (χ0) is 29.7. The van der Waals surface area contributed by atoms with Crippen molar-refractivity contribution in [1.82, 2.24) is 14.9 Å². The van der Waals surface area contributed by atoms with Gasteiger partial charge in [-0.3, -0.25) is 15.0 Å². The van der Waals surface area contributed by atoms with Crippen molar-refractivity contribution in [1.29, 1.82) is 0 Å². The Balaban J connectivity index is 1.47. The number of nitro benzene ring substituents is 1. The molecule has 218 valence electrons. The van der Waals surface area contributed by atoms with Gasteiger partial charge < -0.3 is 14.8 Å². The van der Waals surface area contributed by atoms with Gasteiger partial charge in [-0.25, -0.2) is 22.7 Å². The molecule has 2 aliphatic rings. The molecule has 0 saturated carbocycles. The summed E-state index contributed by atoms with van der Waals surface area (Å²) in [5.41, 5.74) is 1.44. The third-order valence-corrected chi connectivity index (χ3v) is 8.55. The van der Waals surface area contributed by atoms with E-state index in [1.165, 1.54) is 37.4 Å². The Labute approximate surface area is 238 Å². The second-order valence-electron chi connectivity index (χ2n) is 9.81. The van der Waals surface area contributed by atoms with E-state index in [2.05, 4.69) is 10.0 Å². The molecule has 2 N–H and O–H groups in total. The fourth-order valence-corrected chi connectivity index (χ4v) is 6.17. The van der Waals surface area contributed by atoms with E-state index >= 15 is 0 Å². The van der Waals surface area contributed by atoms with Crippen LogP contribution in [-0.2, 0) is 29.1 Å². The number of allylic oxidation sites excluding steroid dienone is 2. The maximum absolute atomic E-state index is 13.6. The molecule has 1 fully saturated rings. The average molecular weight is 585 g/mol. The van der Waals surface area contributed by atoms with E-state index in [0.29, 0.717) is 43.0 Å². The first-order valence-corrected chi connectivity index (χ1v) is 14.5.